The highest BCUT2D eigenvalue weighted by molar-refractivity contribution is 7.88. The molecule has 2 amide bonds. The summed E-state index contributed by atoms with van der Waals surface area (Å²) in [4.78, 5) is 27.2. The zero-order valence-electron chi connectivity index (χ0n) is 16.4. The molecular weight excluding hydrogens is 370 g/mol. The third-order valence-corrected chi connectivity index (χ3v) is 5.77. The zero-order chi connectivity index (χ0) is 20.4. The van der Waals surface area contributed by atoms with Crippen LogP contribution < -0.4 is 10.1 Å². The van der Waals surface area contributed by atoms with Gasteiger partial charge in [-0.15, -0.1) is 0 Å². The molecule has 1 heterocycles. The van der Waals surface area contributed by atoms with E-state index < -0.39 is 21.5 Å². The van der Waals surface area contributed by atoms with Crippen LogP contribution in [0, 0.1) is 0 Å². The number of rotatable bonds is 6. The predicted octanol–water partition coefficient (Wildman–Crippen LogP) is 0.582. The third-order valence-electron chi connectivity index (χ3n) is 4.57. The van der Waals surface area contributed by atoms with E-state index >= 15 is 0 Å². The molecule has 1 aliphatic rings. The number of ether oxygens (including phenoxy) is 1. The number of nitrogens with one attached hydrogen (secondary N) is 1. The van der Waals surface area contributed by atoms with Gasteiger partial charge in [-0.2, -0.15) is 4.31 Å². The highest BCUT2D eigenvalue weighted by Gasteiger charge is 2.49. The molecule has 0 spiro atoms. The molecule has 1 aromatic carbocycles. The molecule has 9 heteroatoms. The summed E-state index contributed by atoms with van der Waals surface area (Å²) < 4.78 is 30.2. The first kappa shape index (κ1) is 21.2. The fraction of sp³-hybridized carbons (Fsp3) is 0.556. The summed E-state index contributed by atoms with van der Waals surface area (Å²) in [6.45, 7) is 5.06. The van der Waals surface area contributed by atoms with Gasteiger partial charge in [-0.25, -0.2) is 8.42 Å². The van der Waals surface area contributed by atoms with Crippen LogP contribution in [0.4, 0.5) is 0 Å². The summed E-state index contributed by atoms with van der Waals surface area (Å²) in [6, 6.07) is 7.04. The summed E-state index contributed by atoms with van der Waals surface area (Å²) in [5, 5.41) is 2.81. The van der Waals surface area contributed by atoms with Crippen molar-refractivity contribution in [2.24, 2.45) is 0 Å². The molecule has 0 bridgehead atoms. The lowest BCUT2D eigenvalue weighted by Gasteiger charge is -2.46. The Hall–Kier alpha value is -2.13. The molecule has 1 N–H and O–H groups in total. The molecule has 0 saturated carbocycles. The van der Waals surface area contributed by atoms with Crippen LogP contribution in [0.1, 0.15) is 26.3 Å². The van der Waals surface area contributed by atoms with Gasteiger partial charge in [-0.3, -0.25) is 9.59 Å². The minimum absolute atomic E-state index is 0.0910. The van der Waals surface area contributed by atoms with Crippen LogP contribution >= 0.6 is 0 Å². The van der Waals surface area contributed by atoms with Crippen LogP contribution in [0.2, 0.25) is 0 Å². The predicted molar refractivity (Wildman–Crippen MR) is 102 cm³/mol. The van der Waals surface area contributed by atoms with E-state index in [4.69, 9.17) is 4.74 Å². The molecule has 8 nitrogen and oxygen atoms in total. The zero-order valence-corrected chi connectivity index (χ0v) is 17.2. The summed E-state index contributed by atoms with van der Waals surface area (Å²) in [7, 11) is -2.04. The monoisotopic (exact) mass is 397 g/mol. The van der Waals surface area contributed by atoms with E-state index in [-0.39, 0.29) is 31.6 Å². The number of hydrogen-bond donors (Lipinski definition) is 1. The Labute approximate surface area is 160 Å². The van der Waals surface area contributed by atoms with E-state index in [1.165, 1.54) is 4.90 Å². The highest BCUT2D eigenvalue weighted by Crippen LogP contribution is 2.27. The maximum atomic E-state index is 12.9. The number of carbonyl (C=O) groups excluding carboxylic acids is 2. The van der Waals surface area contributed by atoms with Crippen LogP contribution in [0.5, 0.6) is 5.75 Å². The Kier molecular flexibility index (Phi) is 6.16. The van der Waals surface area contributed by atoms with Crippen molar-refractivity contribution in [2.45, 2.75) is 38.9 Å². The fourth-order valence-corrected chi connectivity index (χ4v) is 3.85. The molecule has 1 fully saturated rings. The Morgan fingerprint density at radius 3 is 2.37 bits per heavy atom. The maximum Gasteiger partial charge on any atom is 0.247 e. The number of methoxy groups -OCH3 is 1. The minimum Gasteiger partial charge on any atom is -0.497 e. The second-order valence-electron chi connectivity index (χ2n) is 7.26. The van der Waals surface area contributed by atoms with Crippen molar-refractivity contribution in [2.75, 3.05) is 26.5 Å². The molecule has 0 radical (unpaired) electrons. The van der Waals surface area contributed by atoms with Gasteiger partial charge in [0.25, 0.3) is 0 Å². The van der Waals surface area contributed by atoms with Crippen LogP contribution in [-0.2, 0) is 26.2 Å². The van der Waals surface area contributed by atoms with Crippen molar-refractivity contribution in [3.63, 3.8) is 0 Å². The molecular formula is C18H27N3O5S. The Morgan fingerprint density at radius 2 is 1.89 bits per heavy atom. The number of benzene rings is 1. The minimum atomic E-state index is -3.61. The number of amides is 2. The normalized spacial score (nSPS) is 21.4. The van der Waals surface area contributed by atoms with Gasteiger partial charge in [0.05, 0.1) is 19.9 Å². The van der Waals surface area contributed by atoms with Crippen molar-refractivity contribution in [3.8, 4) is 5.75 Å². The topological polar surface area (TPSA) is 96.0 Å². The van der Waals surface area contributed by atoms with Gasteiger partial charge >= 0.3 is 0 Å². The van der Waals surface area contributed by atoms with Gasteiger partial charge in [-0.1, -0.05) is 12.1 Å². The summed E-state index contributed by atoms with van der Waals surface area (Å²) in [5.74, 6) is -0.108. The smallest absolute Gasteiger partial charge is 0.247 e. The van der Waals surface area contributed by atoms with Crippen LogP contribution in [0.3, 0.4) is 0 Å². The van der Waals surface area contributed by atoms with E-state index in [9.17, 15) is 18.0 Å². The molecule has 1 aliphatic heterocycles. The average Bonchev–Trinajstić information content (AvgIpc) is 2.57. The summed E-state index contributed by atoms with van der Waals surface area (Å²) >= 11 is 0. The lowest BCUT2D eigenvalue weighted by molar-refractivity contribution is -0.153. The fourth-order valence-electron chi connectivity index (χ4n) is 3.02. The number of piperazine rings is 1. The Bertz CT molecular complexity index is 807. The SMILES string of the molecule is COc1ccc(CN2C(=O)CN(S(C)(=O)=O)CC2(C)C(=O)NC(C)C)cc1. The number of sulfonamides is 1. The van der Waals surface area contributed by atoms with Crippen molar-refractivity contribution in [3.05, 3.63) is 29.8 Å². The number of carbonyl (C=O) groups is 2. The molecule has 1 atom stereocenters. The highest BCUT2D eigenvalue weighted by atomic mass is 32.2. The van der Waals surface area contributed by atoms with Gasteiger partial charge in [0.15, 0.2) is 0 Å². The molecule has 0 aromatic heterocycles. The standard InChI is InChI=1S/C18H27N3O5S/c1-13(2)19-17(23)18(3)12-20(27(5,24)25)11-16(22)21(18)10-14-6-8-15(26-4)9-7-14/h6-9,13H,10-12H2,1-5H3,(H,19,23). The molecule has 27 heavy (non-hydrogen) atoms. The maximum absolute atomic E-state index is 12.9. The van der Waals surface area contributed by atoms with Gasteiger partial charge in [0.1, 0.15) is 11.3 Å². The molecule has 2 rings (SSSR count). The molecule has 0 aliphatic carbocycles. The van der Waals surface area contributed by atoms with Gasteiger partial charge in [0, 0.05) is 19.1 Å². The summed E-state index contributed by atoms with van der Waals surface area (Å²) in [5.41, 5.74) is -0.497. The van der Waals surface area contributed by atoms with Crippen LogP contribution in [-0.4, -0.2) is 67.5 Å². The Morgan fingerprint density at radius 1 is 1.30 bits per heavy atom. The van der Waals surface area contributed by atoms with Crippen molar-refractivity contribution >= 4 is 21.8 Å². The quantitative estimate of drug-likeness (QED) is 0.758. The largest absolute Gasteiger partial charge is 0.497 e. The second-order valence-corrected chi connectivity index (χ2v) is 9.24. The molecule has 150 valence electrons. The van der Waals surface area contributed by atoms with E-state index in [2.05, 4.69) is 5.32 Å². The average molecular weight is 397 g/mol. The van der Waals surface area contributed by atoms with Gasteiger partial charge in [-0.05, 0) is 38.5 Å². The first-order valence-corrected chi connectivity index (χ1v) is 10.5. The number of nitrogens with zero attached hydrogens (tertiary/aromatic N) is 2. The van der Waals surface area contributed by atoms with E-state index in [0.29, 0.717) is 5.75 Å². The molecule has 1 unspecified atom stereocenters. The van der Waals surface area contributed by atoms with Crippen molar-refractivity contribution in [1.29, 1.82) is 0 Å². The number of hydrogen-bond acceptors (Lipinski definition) is 5. The molecule has 1 saturated heterocycles. The molecule has 1 aromatic rings. The summed E-state index contributed by atoms with van der Waals surface area (Å²) in [6.07, 6.45) is 1.04. The first-order valence-electron chi connectivity index (χ1n) is 8.67. The van der Waals surface area contributed by atoms with Crippen molar-refractivity contribution in [1.82, 2.24) is 14.5 Å². The first-order chi connectivity index (χ1) is 12.5. The van der Waals surface area contributed by atoms with Gasteiger partial charge in [0.2, 0.25) is 21.8 Å². The van der Waals surface area contributed by atoms with E-state index in [0.717, 1.165) is 16.1 Å². The third kappa shape index (κ3) is 4.78. The van der Waals surface area contributed by atoms with E-state index in [1.807, 2.05) is 26.0 Å². The van der Waals surface area contributed by atoms with Crippen LogP contribution in [0.15, 0.2) is 24.3 Å². The van der Waals surface area contributed by atoms with Crippen molar-refractivity contribution < 1.29 is 22.7 Å². The second kappa shape index (κ2) is 7.85. The van der Waals surface area contributed by atoms with E-state index in [1.54, 1.807) is 26.2 Å². The van der Waals surface area contributed by atoms with Crippen LogP contribution in [0.25, 0.3) is 0 Å². The Balaban J connectivity index is 2.38. The van der Waals surface area contributed by atoms with Gasteiger partial charge < -0.3 is 15.0 Å². The lowest BCUT2D eigenvalue weighted by Crippen LogP contribution is -2.69. The lowest BCUT2D eigenvalue weighted by atomic mass is 9.94.